The van der Waals surface area contributed by atoms with Gasteiger partial charge >= 0.3 is 0 Å². The fraction of sp³-hybridized carbons (Fsp3) is 0.625. The maximum Gasteiger partial charge on any atom is 0.144 e. The number of rotatable bonds is 6. The summed E-state index contributed by atoms with van der Waals surface area (Å²) >= 11 is 3.13. The molecular weight excluding hydrogens is 338 g/mol. The minimum absolute atomic E-state index is 0.167. The number of likely N-dealkylation sites (tertiary alicyclic amines) is 1. The first-order chi connectivity index (χ1) is 9.99. The van der Waals surface area contributed by atoms with Crippen molar-refractivity contribution in [2.75, 3.05) is 19.6 Å². The SMILES string of the molecule is CC(C)CNCC1CCCN1Cc1c(F)ccc(Br)c1F. The molecule has 118 valence electrons. The molecule has 1 atom stereocenters. The quantitative estimate of drug-likeness (QED) is 0.773. The summed E-state index contributed by atoms with van der Waals surface area (Å²) in [7, 11) is 0. The summed E-state index contributed by atoms with van der Waals surface area (Å²) in [6, 6.07) is 3.10. The van der Waals surface area contributed by atoms with Gasteiger partial charge < -0.3 is 5.32 Å². The van der Waals surface area contributed by atoms with Crippen molar-refractivity contribution in [2.45, 2.75) is 39.3 Å². The zero-order valence-electron chi connectivity index (χ0n) is 12.6. The zero-order valence-corrected chi connectivity index (χ0v) is 14.2. The fourth-order valence-electron chi connectivity index (χ4n) is 2.79. The Bertz CT molecular complexity index is 480. The summed E-state index contributed by atoms with van der Waals surface area (Å²) in [4.78, 5) is 2.18. The molecule has 0 aliphatic carbocycles. The van der Waals surface area contributed by atoms with Crippen molar-refractivity contribution in [2.24, 2.45) is 5.92 Å². The fourth-order valence-corrected chi connectivity index (χ4v) is 3.16. The average molecular weight is 361 g/mol. The molecule has 1 unspecified atom stereocenters. The van der Waals surface area contributed by atoms with E-state index in [0.717, 1.165) is 32.5 Å². The van der Waals surface area contributed by atoms with Crippen molar-refractivity contribution in [1.29, 1.82) is 0 Å². The lowest BCUT2D eigenvalue weighted by Crippen LogP contribution is -2.39. The normalized spacial score (nSPS) is 19.6. The van der Waals surface area contributed by atoms with Gasteiger partial charge in [-0.15, -0.1) is 0 Å². The van der Waals surface area contributed by atoms with Gasteiger partial charge in [-0.1, -0.05) is 13.8 Å². The van der Waals surface area contributed by atoms with Crippen LogP contribution >= 0.6 is 15.9 Å². The molecule has 0 amide bonds. The van der Waals surface area contributed by atoms with Gasteiger partial charge in [-0.3, -0.25) is 4.90 Å². The first-order valence-corrected chi connectivity index (χ1v) is 8.35. The summed E-state index contributed by atoms with van der Waals surface area (Å²) in [5.41, 5.74) is 0.167. The molecule has 1 aliphatic rings. The molecule has 1 heterocycles. The van der Waals surface area contributed by atoms with E-state index in [0.29, 0.717) is 23.0 Å². The van der Waals surface area contributed by atoms with Gasteiger partial charge in [0.1, 0.15) is 11.6 Å². The van der Waals surface area contributed by atoms with E-state index in [4.69, 9.17) is 0 Å². The third-order valence-electron chi connectivity index (χ3n) is 3.93. The van der Waals surface area contributed by atoms with E-state index >= 15 is 0 Å². The highest BCUT2D eigenvalue weighted by Gasteiger charge is 2.26. The molecule has 1 saturated heterocycles. The second kappa shape index (κ2) is 7.65. The number of hydrogen-bond donors (Lipinski definition) is 1. The highest BCUT2D eigenvalue weighted by atomic mass is 79.9. The van der Waals surface area contributed by atoms with Gasteiger partial charge in [-0.2, -0.15) is 0 Å². The molecule has 2 rings (SSSR count). The van der Waals surface area contributed by atoms with E-state index in [1.807, 2.05) is 0 Å². The molecule has 1 fully saturated rings. The Morgan fingerprint density at radius 3 is 2.86 bits per heavy atom. The van der Waals surface area contributed by atoms with Crippen molar-refractivity contribution in [3.8, 4) is 0 Å². The molecule has 0 radical (unpaired) electrons. The molecule has 1 aromatic carbocycles. The molecular formula is C16H23BrF2N2. The largest absolute Gasteiger partial charge is 0.315 e. The van der Waals surface area contributed by atoms with Crippen molar-refractivity contribution in [3.05, 3.63) is 33.8 Å². The monoisotopic (exact) mass is 360 g/mol. The van der Waals surface area contributed by atoms with Crippen LogP contribution in [-0.2, 0) is 6.54 Å². The Labute approximate surface area is 134 Å². The maximum absolute atomic E-state index is 14.1. The van der Waals surface area contributed by atoms with E-state index < -0.39 is 11.6 Å². The van der Waals surface area contributed by atoms with Crippen LogP contribution in [0.25, 0.3) is 0 Å². The zero-order chi connectivity index (χ0) is 15.4. The van der Waals surface area contributed by atoms with Crippen LogP contribution in [0.1, 0.15) is 32.3 Å². The minimum atomic E-state index is -0.476. The lowest BCUT2D eigenvalue weighted by Gasteiger charge is -2.25. The Hall–Kier alpha value is -0.520. The summed E-state index contributed by atoms with van der Waals surface area (Å²) in [6.07, 6.45) is 2.17. The van der Waals surface area contributed by atoms with Crippen LogP contribution in [0.4, 0.5) is 8.78 Å². The smallest absolute Gasteiger partial charge is 0.144 e. The van der Waals surface area contributed by atoms with Crippen molar-refractivity contribution in [1.82, 2.24) is 10.2 Å². The van der Waals surface area contributed by atoms with Crippen LogP contribution in [-0.4, -0.2) is 30.6 Å². The molecule has 21 heavy (non-hydrogen) atoms. The maximum atomic E-state index is 14.1. The lowest BCUT2D eigenvalue weighted by molar-refractivity contribution is 0.231. The molecule has 2 nitrogen and oxygen atoms in total. The second-order valence-corrected chi connectivity index (χ2v) is 6.99. The van der Waals surface area contributed by atoms with Crippen LogP contribution < -0.4 is 5.32 Å². The van der Waals surface area contributed by atoms with Gasteiger partial charge in [0, 0.05) is 24.7 Å². The first kappa shape index (κ1) is 16.8. The number of hydrogen-bond acceptors (Lipinski definition) is 2. The van der Waals surface area contributed by atoms with E-state index in [2.05, 4.69) is 40.0 Å². The van der Waals surface area contributed by atoms with Crippen LogP contribution in [0, 0.1) is 17.6 Å². The topological polar surface area (TPSA) is 15.3 Å². The molecule has 1 N–H and O–H groups in total. The number of nitrogens with one attached hydrogen (secondary N) is 1. The van der Waals surface area contributed by atoms with Crippen LogP contribution in [0.15, 0.2) is 16.6 Å². The van der Waals surface area contributed by atoms with E-state index in [1.165, 1.54) is 12.1 Å². The van der Waals surface area contributed by atoms with Gasteiger partial charge in [0.2, 0.25) is 0 Å². The average Bonchev–Trinajstić information content (AvgIpc) is 2.86. The third-order valence-corrected chi connectivity index (χ3v) is 4.54. The molecule has 5 heteroatoms. The molecule has 0 spiro atoms. The first-order valence-electron chi connectivity index (χ1n) is 7.56. The van der Waals surface area contributed by atoms with Crippen molar-refractivity contribution < 1.29 is 8.78 Å². The van der Waals surface area contributed by atoms with Crippen LogP contribution in [0.2, 0.25) is 0 Å². The summed E-state index contributed by atoms with van der Waals surface area (Å²) < 4.78 is 28.3. The third kappa shape index (κ3) is 4.47. The molecule has 1 aliphatic heterocycles. The Kier molecular flexibility index (Phi) is 6.14. The predicted octanol–water partition coefficient (Wildman–Crippen LogP) is 3.94. The highest BCUT2D eigenvalue weighted by Crippen LogP contribution is 2.26. The Morgan fingerprint density at radius 1 is 1.38 bits per heavy atom. The molecule has 1 aromatic rings. The predicted molar refractivity (Wildman–Crippen MR) is 85.2 cm³/mol. The lowest BCUT2D eigenvalue weighted by atomic mass is 10.1. The molecule has 0 saturated carbocycles. The van der Waals surface area contributed by atoms with E-state index in [1.54, 1.807) is 0 Å². The van der Waals surface area contributed by atoms with Crippen LogP contribution in [0.5, 0.6) is 0 Å². The number of nitrogens with zero attached hydrogens (tertiary/aromatic N) is 1. The minimum Gasteiger partial charge on any atom is -0.315 e. The molecule has 0 bridgehead atoms. The number of halogens is 3. The van der Waals surface area contributed by atoms with Gasteiger partial charge in [-0.25, -0.2) is 8.78 Å². The second-order valence-electron chi connectivity index (χ2n) is 6.14. The van der Waals surface area contributed by atoms with Gasteiger partial charge in [0.15, 0.2) is 0 Å². The number of benzene rings is 1. The Balaban J connectivity index is 2.00. The summed E-state index contributed by atoms with van der Waals surface area (Å²) in [6.45, 7) is 7.45. The van der Waals surface area contributed by atoms with E-state index in [9.17, 15) is 8.78 Å². The van der Waals surface area contributed by atoms with Gasteiger partial charge in [0.25, 0.3) is 0 Å². The summed E-state index contributed by atoms with van der Waals surface area (Å²) in [5, 5.41) is 3.44. The van der Waals surface area contributed by atoms with Crippen LogP contribution in [0.3, 0.4) is 0 Å². The van der Waals surface area contributed by atoms with Crippen molar-refractivity contribution in [3.63, 3.8) is 0 Å². The van der Waals surface area contributed by atoms with Gasteiger partial charge in [-0.05, 0) is 59.9 Å². The standard InChI is InChI=1S/C16H23BrF2N2/c1-11(2)8-20-9-12-4-3-7-21(12)10-13-15(18)6-5-14(17)16(13)19/h5-6,11-12,20H,3-4,7-10H2,1-2H3. The summed E-state index contributed by atoms with van der Waals surface area (Å²) in [5.74, 6) is -0.327. The van der Waals surface area contributed by atoms with Gasteiger partial charge in [0.05, 0.1) is 4.47 Å². The highest BCUT2D eigenvalue weighted by molar-refractivity contribution is 9.10. The molecule has 0 aromatic heterocycles. The van der Waals surface area contributed by atoms with E-state index in [-0.39, 0.29) is 5.56 Å². The van der Waals surface area contributed by atoms with Crippen molar-refractivity contribution >= 4 is 15.9 Å². The Morgan fingerprint density at radius 2 is 2.14 bits per heavy atom.